The number of thioether (sulfide) groups is 1. The van der Waals surface area contributed by atoms with E-state index < -0.39 is 14.9 Å². The standard InChI is InChI=1S/C45H46Cl2N8O5S2/c46-34-7-5-32(6-8-34)40-4-2-1-3-33(40)29-53-19-21-54(22-20-53)37-11-15-41-43(27-37)48-31-49-45(41)51-62(58,59)39-14-16-42(44(28-39)55(56)57)50-36(17-18-52-23-25-60-26-24-52)30-61-38-12-9-35(47)10-13-38/h1-16,27-28,31,36,50H,17-26,29-30H2,(H,48,49,51). The van der Waals surface area contributed by atoms with Crippen LogP contribution in [0.5, 0.6) is 0 Å². The Labute approximate surface area is 375 Å². The molecule has 17 heteroatoms. The van der Waals surface area contributed by atoms with E-state index in [1.165, 1.54) is 29.6 Å². The normalized spacial score (nSPS) is 15.7. The molecule has 1 unspecified atom stereocenters. The van der Waals surface area contributed by atoms with Gasteiger partial charge in [0.2, 0.25) is 0 Å². The van der Waals surface area contributed by atoms with Crippen LogP contribution >= 0.6 is 35.0 Å². The van der Waals surface area contributed by atoms with Crippen LogP contribution in [-0.4, -0.2) is 104 Å². The van der Waals surface area contributed by atoms with Crippen molar-refractivity contribution in [2.45, 2.75) is 28.8 Å². The summed E-state index contributed by atoms with van der Waals surface area (Å²) in [5.41, 5.74) is 5.02. The van der Waals surface area contributed by atoms with Crippen LogP contribution in [0.25, 0.3) is 22.0 Å². The zero-order valence-corrected chi connectivity index (χ0v) is 37.0. The molecule has 2 aliphatic heterocycles. The van der Waals surface area contributed by atoms with E-state index in [0.29, 0.717) is 46.3 Å². The number of nitrogens with one attached hydrogen (secondary N) is 2. The number of hydrogen-bond acceptors (Lipinski definition) is 12. The minimum absolute atomic E-state index is 0.0815. The van der Waals surface area contributed by atoms with Gasteiger partial charge in [-0.15, -0.1) is 11.8 Å². The van der Waals surface area contributed by atoms with Crippen LogP contribution in [0.15, 0.2) is 125 Å². The molecule has 2 N–H and O–H groups in total. The molecule has 322 valence electrons. The highest BCUT2D eigenvalue weighted by molar-refractivity contribution is 7.99. The molecule has 1 aromatic heterocycles. The number of piperazine rings is 1. The van der Waals surface area contributed by atoms with Gasteiger partial charge in [0.1, 0.15) is 12.0 Å². The number of aromatic nitrogens is 2. The van der Waals surface area contributed by atoms with Crippen molar-refractivity contribution in [1.82, 2.24) is 19.8 Å². The van der Waals surface area contributed by atoms with Crippen LogP contribution in [0.2, 0.25) is 10.0 Å². The van der Waals surface area contributed by atoms with Crippen LogP contribution in [0.3, 0.4) is 0 Å². The van der Waals surface area contributed by atoms with E-state index in [0.717, 1.165) is 74.6 Å². The number of ether oxygens (including phenoxy) is 1. The van der Waals surface area contributed by atoms with Gasteiger partial charge in [-0.2, -0.15) is 0 Å². The first-order valence-corrected chi connectivity index (χ1v) is 23.6. The van der Waals surface area contributed by atoms with Gasteiger partial charge in [-0.3, -0.25) is 24.6 Å². The highest BCUT2D eigenvalue weighted by Crippen LogP contribution is 2.33. The van der Waals surface area contributed by atoms with Crippen molar-refractivity contribution >= 4 is 78.8 Å². The van der Waals surface area contributed by atoms with E-state index in [9.17, 15) is 18.5 Å². The molecule has 2 fully saturated rings. The lowest BCUT2D eigenvalue weighted by atomic mass is 9.99. The third kappa shape index (κ3) is 11.0. The maximum Gasteiger partial charge on any atom is 0.293 e. The number of sulfonamides is 1. The van der Waals surface area contributed by atoms with Gasteiger partial charge >= 0.3 is 0 Å². The Morgan fingerprint density at radius 1 is 0.823 bits per heavy atom. The Hall–Kier alpha value is -5.00. The number of nitro benzene ring substituents is 1. The van der Waals surface area contributed by atoms with Crippen molar-refractivity contribution < 1.29 is 18.1 Å². The van der Waals surface area contributed by atoms with Gasteiger partial charge < -0.3 is 15.0 Å². The number of benzene rings is 5. The zero-order valence-electron chi connectivity index (χ0n) is 33.8. The Balaban J connectivity index is 0.935. The summed E-state index contributed by atoms with van der Waals surface area (Å²) in [7, 11) is -4.29. The molecule has 5 aromatic carbocycles. The summed E-state index contributed by atoms with van der Waals surface area (Å²) in [5, 5.41) is 17.7. The first-order valence-electron chi connectivity index (χ1n) is 20.4. The van der Waals surface area contributed by atoms with E-state index in [1.807, 2.05) is 54.6 Å². The molecular formula is C45H46Cl2N8O5S2. The number of anilines is 3. The molecule has 0 aliphatic carbocycles. The molecule has 2 saturated heterocycles. The number of nitro groups is 1. The molecule has 0 bridgehead atoms. The van der Waals surface area contributed by atoms with Crippen molar-refractivity contribution in [3.63, 3.8) is 0 Å². The largest absolute Gasteiger partial charge is 0.379 e. The number of nitrogens with zero attached hydrogens (tertiary/aromatic N) is 6. The summed E-state index contributed by atoms with van der Waals surface area (Å²) in [6.45, 7) is 7.91. The van der Waals surface area contributed by atoms with Crippen LogP contribution in [-0.2, 0) is 21.3 Å². The summed E-state index contributed by atoms with van der Waals surface area (Å²) in [6.07, 6.45) is 2.02. The van der Waals surface area contributed by atoms with Crippen molar-refractivity contribution in [2.75, 3.05) is 79.7 Å². The molecule has 1 atom stereocenters. The molecule has 8 rings (SSSR count). The fourth-order valence-corrected chi connectivity index (χ4v) is 10.0. The highest BCUT2D eigenvalue weighted by Gasteiger charge is 2.26. The van der Waals surface area contributed by atoms with Gasteiger partial charge in [0, 0.05) is 96.2 Å². The number of rotatable bonds is 16. The third-order valence-corrected chi connectivity index (χ3v) is 14.2. The molecule has 0 amide bonds. The van der Waals surface area contributed by atoms with E-state index in [2.05, 4.69) is 71.1 Å². The number of fused-ring (bicyclic) bond motifs is 1. The van der Waals surface area contributed by atoms with Gasteiger partial charge in [0.25, 0.3) is 15.7 Å². The van der Waals surface area contributed by atoms with Gasteiger partial charge in [-0.1, -0.05) is 59.6 Å². The monoisotopic (exact) mass is 912 g/mol. The average Bonchev–Trinajstić information content (AvgIpc) is 3.29. The van der Waals surface area contributed by atoms with E-state index >= 15 is 0 Å². The topological polar surface area (TPSA) is 146 Å². The summed E-state index contributed by atoms with van der Waals surface area (Å²) < 4.78 is 35.8. The lowest BCUT2D eigenvalue weighted by molar-refractivity contribution is -0.384. The van der Waals surface area contributed by atoms with Gasteiger partial charge in [0.05, 0.1) is 28.5 Å². The van der Waals surface area contributed by atoms with Gasteiger partial charge in [-0.25, -0.2) is 18.4 Å². The molecular weight excluding hydrogens is 868 g/mol. The summed E-state index contributed by atoms with van der Waals surface area (Å²) in [4.78, 5) is 28.4. The van der Waals surface area contributed by atoms with Crippen LogP contribution < -0.4 is 14.9 Å². The summed E-state index contributed by atoms with van der Waals surface area (Å²) >= 11 is 13.9. The van der Waals surface area contributed by atoms with Gasteiger partial charge in [-0.05, 0) is 89.8 Å². The second kappa shape index (κ2) is 20.0. The van der Waals surface area contributed by atoms with Gasteiger partial charge in [0.15, 0.2) is 5.82 Å². The zero-order chi connectivity index (χ0) is 43.1. The molecule has 3 heterocycles. The molecule has 62 heavy (non-hydrogen) atoms. The van der Waals surface area contributed by atoms with Crippen molar-refractivity contribution in [2.24, 2.45) is 0 Å². The van der Waals surface area contributed by atoms with Crippen LogP contribution in [0, 0.1) is 10.1 Å². The van der Waals surface area contributed by atoms with E-state index in [4.69, 9.17) is 27.9 Å². The van der Waals surface area contributed by atoms with Crippen molar-refractivity contribution in [1.29, 1.82) is 0 Å². The molecule has 2 aliphatic rings. The van der Waals surface area contributed by atoms with E-state index in [-0.39, 0.29) is 28.1 Å². The lowest BCUT2D eigenvalue weighted by Crippen LogP contribution is -2.46. The number of halogens is 2. The average molecular weight is 914 g/mol. The molecule has 0 saturated carbocycles. The number of morpholine rings is 1. The predicted octanol–water partition coefficient (Wildman–Crippen LogP) is 8.93. The summed E-state index contributed by atoms with van der Waals surface area (Å²) in [6, 6.07) is 33.4. The van der Waals surface area contributed by atoms with Crippen molar-refractivity contribution in [3.05, 3.63) is 141 Å². The van der Waals surface area contributed by atoms with Crippen molar-refractivity contribution in [3.8, 4) is 11.1 Å². The maximum atomic E-state index is 13.8. The Kier molecular flexibility index (Phi) is 14.1. The molecule has 0 radical (unpaired) electrons. The predicted molar refractivity (Wildman–Crippen MR) is 249 cm³/mol. The second-order valence-corrected chi connectivity index (χ2v) is 18.9. The molecule has 13 nitrogen and oxygen atoms in total. The smallest absolute Gasteiger partial charge is 0.293 e. The quantitative estimate of drug-likeness (QED) is 0.0543. The Morgan fingerprint density at radius 3 is 2.29 bits per heavy atom. The minimum atomic E-state index is -4.29. The van der Waals surface area contributed by atoms with Crippen LogP contribution in [0.1, 0.15) is 12.0 Å². The SMILES string of the molecule is O=[N+]([O-])c1cc(S(=O)(=O)Nc2ncnc3cc(N4CCN(Cc5ccccc5-c5ccc(Cl)cc5)CC4)ccc23)ccc1NC(CCN1CCOCC1)CSc1ccc(Cl)cc1. The van der Waals surface area contributed by atoms with Crippen LogP contribution in [0.4, 0.5) is 22.9 Å². The Morgan fingerprint density at radius 2 is 1.55 bits per heavy atom. The number of hydrogen-bond donors (Lipinski definition) is 2. The third-order valence-electron chi connectivity index (χ3n) is 11.2. The summed E-state index contributed by atoms with van der Waals surface area (Å²) in [5.74, 6) is 0.697. The fourth-order valence-electron chi connectivity index (χ4n) is 7.74. The fraction of sp³-hybridized carbons (Fsp3) is 0.289. The highest BCUT2D eigenvalue weighted by atomic mass is 35.5. The maximum absolute atomic E-state index is 13.8. The van der Waals surface area contributed by atoms with E-state index in [1.54, 1.807) is 11.8 Å². The second-order valence-electron chi connectivity index (χ2n) is 15.2. The first kappa shape index (κ1) is 43.6. The Bertz CT molecular complexity index is 2610. The molecule has 0 spiro atoms. The minimum Gasteiger partial charge on any atom is -0.379 e. The first-order chi connectivity index (χ1) is 30.1. The molecule has 6 aromatic rings. The lowest BCUT2D eigenvalue weighted by Gasteiger charge is -2.36.